The molecule has 5 heteroatoms. The quantitative estimate of drug-likeness (QED) is 0.606. The fraction of sp³-hybridized carbons (Fsp3) is 0.417. The third-order valence-corrected chi connectivity index (χ3v) is 5.98. The van der Waals surface area contributed by atoms with Crippen molar-refractivity contribution < 1.29 is 9.59 Å². The summed E-state index contributed by atoms with van der Waals surface area (Å²) in [7, 11) is 0. The molecule has 0 saturated carbocycles. The van der Waals surface area contributed by atoms with Crippen molar-refractivity contribution in [3.05, 3.63) is 65.2 Å². The molecule has 0 aromatic heterocycles. The Bertz CT molecular complexity index is 820. The highest BCUT2D eigenvalue weighted by molar-refractivity contribution is 8.00. The van der Waals surface area contributed by atoms with Crippen molar-refractivity contribution in [2.75, 3.05) is 5.75 Å². The largest absolute Gasteiger partial charge is 0.352 e. The van der Waals surface area contributed by atoms with Gasteiger partial charge < -0.3 is 10.2 Å². The summed E-state index contributed by atoms with van der Waals surface area (Å²) in [5.74, 6) is 0.153. The number of hydrogen-bond acceptors (Lipinski definition) is 3. The van der Waals surface area contributed by atoms with E-state index in [1.54, 1.807) is 4.90 Å². The van der Waals surface area contributed by atoms with Crippen LogP contribution in [0.2, 0.25) is 0 Å². The summed E-state index contributed by atoms with van der Waals surface area (Å²) in [6.45, 7) is 10.3. The maximum atomic E-state index is 13.1. The Kier molecular flexibility index (Phi) is 8.77. The lowest BCUT2D eigenvalue weighted by molar-refractivity contribution is -0.138. The van der Waals surface area contributed by atoms with E-state index in [2.05, 4.69) is 11.4 Å². The smallest absolute Gasteiger partial charge is 0.242 e. The van der Waals surface area contributed by atoms with Crippen LogP contribution in [0.5, 0.6) is 0 Å². The van der Waals surface area contributed by atoms with Gasteiger partial charge in [-0.2, -0.15) is 0 Å². The molecule has 2 amide bonds. The van der Waals surface area contributed by atoms with E-state index in [4.69, 9.17) is 0 Å². The van der Waals surface area contributed by atoms with Crippen molar-refractivity contribution in [1.82, 2.24) is 10.2 Å². The molecule has 156 valence electrons. The molecule has 0 aliphatic carbocycles. The van der Waals surface area contributed by atoms with Gasteiger partial charge in [-0.15, -0.1) is 11.8 Å². The minimum absolute atomic E-state index is 0.0381. The highest BCUT2D eigenvalue weighted by Crippen LogP contribution is 2.20. The number of thioether (sulfide) groups is 1. The van der Waals surface area contributed by atoms with Gasteiger partial charge in [0.1, 0.15) is 6.04 Å². The van der Waals surface area contributed by atoms with Crippen LogP contribution < -0.4 is 5.32 Å². The van der Waals surface area contributed by atoms with Gasteiger partial charge in [0.15, 0.2) is 0 Å². The molecule has 29 heavy (non-hydrogen) atoms. The third kappa shape index (κ3) is 7.24. The summed E-state index contributed by atoms with van der Waals surface area (Å²) in [5, 5.41) is 3.00. The second kappa shape index (κ2) is 11.1. The Balaban J connectivity index is 2.14. The van der Waals surface area contributed by atoms with Gasteiger partial charge in [0.25, 0.3) is 0 Å². The summed E-state index contributed by atoms with van der Waals surface area (Å²) in [5.41, 5.74) is 3.36. The lowest BCUT2D eigenvalue weighted by Gasteiger charge is -2.29. The Hall–Kier alpha value is -2.27. The molecule has 0 fully saturated rings. The van der Waals surface area contributed by atoms with Gasteiger partial charge in [-0.05, 0) is 51.8 Å². The van der Waals surface area contributed by atoms with Gasteiger partial charge in [-0.1, -0.05) is 54.4 Å². The molecule has 2 rings (SSSR count). The van der Waals surface area contributed by atoms with Crippen molar-refractivity contribution in [3.8, 4) is 0 Å². The van der Waals surface area contributed by atoms with Crippen LogP contribution in [0.15, 0.2) is 53.4 Å². The fourth-order valence-electron chi connectivity index (χ4n) is 2.92. The van der Waals surface area contributed by atoms with Gasteiger partial charge in [0, 0.05) is 17.5 Å². The maximum Gasteiger partial charge on any atom is 0.242 e. The average molecular weight is 413 g/mol. The van der Waals surface area contributed by atoms with Crippen molar-refractivity contribution in [2.45, 2.75) is 64.6 Å². The molecular formula is C24H32N2O2S. The predicted octanol–water partition coefficient (Wildman–Crippen LogP) is 4.73. The number of amides is 2. The van der Waals surface area contributed by atoms with E-state index in [1.807, 2.05) is 77.1 Å². The van der Waals surface area contributed by atoms with E-state index >= 15 is 0 Å². The summed E-state index contributed by atoms with van der Waals surface area (Å²) in [6, 6.07) is 15.8. The van der Waals surface area contributed by atoms with Crippen molar-refractivity contribution in [3.63, 3.8) is 0 Å². The first-order chi connectivity index (χ1) is 13.8. The standard InChI is InChI=1S/C24H32N2O2S/c1-6-19(4)25-24(28)20(5)26(15-21-9-7-8-18(3)14-21)23(27)16-29-22-12-10-17(2)11-13-22/h7-14,19-20H,6,15-16H2,1-5H3,(H,25,28)/t19-,20+/m0/s1. The number of rotatable bonds is 9. The molecule has 0 aliphatic rings. The SMILES string of the molecule is CC[C@H](C)NC(=O)[C@@H](C)N(Cc1cccc(C)c1)C(=O)CSc1ccc(C)cc1. The molecule has 0 aliphatic heterocycles. The summed E-state index contributed by atoms with van der Waals surface area (Å²) < 4.78 is 0. The van der Waals surface area contributed by atoms with Crippen LogP contribution >= 0.6 is 11.8 Å². The van der Waals surface area contributed by atoms with Gasteiger partial charge in [-0.3, -0.25) is 9.59 Å². The van der Waals surface area contributed by atoms with Gasteiger partial charge in [0.05, 0.1) is 5.75 Å². The number of carbonyl (C=O) groups excluding carboxylic acids is 2. The molecule has 0 spiro atoms. The monoisotopic (exact) mass is 412 g/mol. The molecule has 1 N–H and O–H groups in total. The van der Waals surface area contributed by atoms with Gasteiger partial charge in [0.2, 0.25) is 11.8 Å². The molecule has 0 heterocycles. The molecule has 4 nitrogen and oxygen atoms in total. The predicted molar refractivity (Wildman–Crippen MR) is 121 cm³/mol. The van der Waals surface area contributed by atoms with Crippen LogP contribution in [-0.2, 0) is 16.1 Å². The Morgan fingerprint density at radius 3 is 2.34 bits per heavy atom. The molecule has 0 bridgehead atoms. The number of aryl methyl sites for hydroxylation is 2. The first-order valence-corrected chi connectivity index (χ1v) is 11.1. The average Bonchev–Trinajstić information content (AvgIpc) is 2.70. The molecular weight excluding hydrogens is 380 g/mol. The zero-order valence-electron chi connectivity index (χ0n) is 18.1. The second-order valence-corrected chi connectivity index (χ2v) is 8.66. The van der Waals surface area contributed by atoms with Crippen LogP contribution in [0.25, 0.3) is 0 Å². The second-order valence-electron chi connectivity index (χ2n) is 7.61. The van der Waals surface area contributed by atoms with E-state index < -0.39 is 6.04 Å². The van der Waals surface area contributed by atoms with Crippen LogP contribution in [0.1, 0.15) is 43.9 Å². The topological polar surface area (TPSA) is 49.4 Å². The van der Waals surface area contributed by atoms with Gasteiger partial charge >= 0.3 is 0 Å². The molecule has 2 atom stereocenters. The number of nitrogens with one attached hydrogen (secondary N) is 1. The zero-order chi connectivity index (χ0) is 21.4. The number of hydrogen-bond donors (Lipinski definition) is 1. The van der Waals surface area contributed by atoms with E-state index in [9.17, 15) is 9.59 Å². The Morgan fingerprint density at radius 2 is 1.72 bits per heavy atom. The lowest BCUT2D eigenvalue weighted by atomic mass is 10.1. The molecule has 2 aromatic rings. The lowest BCUT2D eigenvalue weighted by Crippen LogP contribution is -2.50. The maximum absolute atomic E-state index is 13.1. The highest BCUT2D eigenvalue weighted by Gasteiger charge is 2.26. The minimum atomic E-state index is -0.532. The third-order valence-electron chi connectivity index (χ3n) is 4.99. The highest BCUT2D eigenvalue weighted by atomic mass is 32.2. The summed E-state index contributed by atoms with van der Waals surface area (Å²) in [6.07, 6.45) is 0.855. The summed E-state index contributed by atoms with van der Waals surface area (Å²) >= 11 is 1.50. The number of benzene rings is 2. The first kappa shape index (κ1) is 23.0. The molecule has 2 aromatic carbocycles. The Labute approximate surface area is 179 Å². The van der Waals surface area contributed by atoms with E-state index in [0.29, 0.717) is 12.3 Å². The first-order valence-electron chi connectivity index (χ1n) is 10.1. The van der Waals surface area contributed by atoms with Crippen molar-refractivity contribution in [1.29, 1.82) is 0 Å². The van der Waals surface area contributed by atoms with Crippen LogP contribution in [0, 0.1) is 13.8 Å². The van der Waals surface area contributed by atoms with Crippen LogP contribution in [-0.4, -0.2) is 34.6 Å². The Morgan fingerprint density at radius 1 is 1.03 bits per heavy atom. The summed E-state index contributed by atoms with van der Waals surface area (Å²) in [4.78, 5) is 28.6. The molecule has 0 saturated heterocycles. The van der Waals surface area contributed by atoms with E-state index in [1.165, 1.54) is 17.3 Å². The number of carbonyl (C=O) groups is 2. The van der Waals surface area contributed by atoms with Crippen molar-refractivity contribution in [2.24, 2.45) is 0 Å². The van der Waals surface area contributed by atoms with E-state index in [-0.39, 0.29) is 17.9 Å². The minimum Gasteiger partial charge on any atom is -0.352 e. The molecule has 0 radical (unpaired) electrons. The van der Waals surface area contributed by atoms with Gasteiger partial charge in [-0.25, -0.2) is 0 Å². The normalized spacial score (nSPS) is 12.9. The zero-order valence-corrected chi connectivity index (χ0v) is 18.9. The van der Waals surface area contributed by atoms with Crippen LogP contribution in [0.3, 0.4) is 0 Å². The van der Waals surface area contributed by atoms with Crippen LogP contribution in [0.4, 0.5) is 0 Å². The molecule has 0 unspecified atom stereocenters. The van der Waals surface area contributed by atoms with Crippen molar-refractivity contribution >= 4 is 23.6 Å². The fourth-order valence-corrected chi connectivity index (χ4v) is 3.70. The number of nitrogens with zero attached hydrogens (tertiary/aromatic N) is 1. The van der Waals surface area contributed by atoms with E-state index in [0.717, 1.165) is 22.4 Å².